The van der Waals surface area contributed by atoms with Gasteiger partial charge in [-0.3, -0.25) is 19.4 Å². The van der Waals surface area contributed by atoms with Gasteiger partial charge in [-0.25, -0.2) is 4.98 Å². The molecule has 1 aromatic carbocycles. The number of amides is 2. The van der Waals surface area contributed by atoms with Gasteiger partial charge in [-0.2, -0.15) is 0 Å². The molecule has 1 atom stereocenters. The number of hydrogen-bond acceptors (Lipinski definition) is 7. The van der Waals surface area contributed by atoms with Crippen LogP contribution in [0.15, 0.2) is 55.1 Å². The van der Waals surface area contributed by atoms with E-state index < -0.39 is 12.1 Å². The number of carboxylic acids is 1. The monoisotopic (exact) mass is 478 g/mol. The summed E-state index contributed by atoms with van der Waals surface area (Å²) in [5.41, 5.74) is 1.35. The van der Waals surface area contributed by atoms with Crippen LogP contribution in [0.1, 0.15) is 36.0 Å². The van der Waals surface area contributed by atoms with Gasteiger partial charge < -0.3 is 30.4 Å². The fourth-order valence-corrected chi connectivity index (χ4v) is 3.77. The number of carbonyl (C=O) groups is 3. The van der Waals surface area contributed by atoms with Gasteiger partial charge in [0, 0.05) is 43.4 Å². The molecule has 0 bridgehead atoms. The molecular weight excluding hydrogens is 452 g/mol. The number of hydrogen-bond donors (Lipinski definition) is 4. The third-order valence-corrected chi connectivity index (χ3v) is 5.39. The van der Waals surface area contributed by atoms with Crippen molar-refractivity contribution in [3.05, 3.63) is 60.7 Å². The zero-order valence-corrected chi connectivity index (χ0v) is 18.9. The number of ether oxygens (including phenoxy) is 1. The van der Waals surface area contributed by atoms with Crippen LogP contribution in [0.3, 0.4) is 0 Å². The predicted octanol–water partition coefficient (Wildman–Crippen LogP) is 2.91. The SMILES string of the molecule is O=C(O)CC1CN(C(=O)c2cccnc2)c2cc(NC(=O)CCCCNc3ncc[nH]3)ccc2O1. The number of aromatic amines is 1. The Balaban J connectivity index is 1.41. The number of nitrogens with one attached hydrogen (secondary N) is 3. The highest BCUT2D eigenvalue weighted by atomic mass is 16.5. The van der Waals surface area contributed by atoms with E-state index in [0.29, 0.717) is 48.0 Å². The first kappa shape index (κ1) is 23.7. The molecule has 3 heterocycles. The maximum absolute atomic E-state index is 13.2. The van der Waals surface area contributed by atoms with Crippen molar-refractivity contribution in [2.24, 2.45) is 0 Å². The number of rotatable bonds is 10. The second-order valence-corrected chi connectivity index (χ2v) is 8.05. The van der Waals surface area contributed by atoms with Gasteiger partial charge in [0.05, 0.1) is 24.2 Å². The van der Waals surface area contributed by atoms with Gasteiger partial charge in [-0.15, -0.1) is 0 Å². The molecule has 4 N–H and O–H groups in total. The number of anilines is 3. The van der Waals surface area contributed by atoms with Crippen LogP contribution in [-0.4, -0.2) is 57.0 Å². The fourth-order valence-electron chi connectivity index (χ4n) is 3.77. The molecule has 0 radical (unpaired) electrons. The van der Waals surface area contributed by atoms with E-state index in [0.717, 1.165) is 6.42 Å². The van der Waals surface area contributed by atoms with Gasteiger partial charge in [-0.05, 0) is 43.2 Å². The van der Waals surface area contributed by atoms with Crippen molar-refractivity contribution in [1.82, 2.24) is 15.0 Å². The van der Waals surface area contributed by atoms with Crippen molar-refractivity contribution in [2.45, 2.75) is 31.8 Å². The Morgan fingerprint density at radius 2 is 2.09 bits per heavy atom. The Morgan fingerprint density at radius 3 is 2.83 bits per heavy atom. The van der Waals surface area contributed by atoms with Crippen LogP contribution in [0.25, 0.3) is 0 Å². The van der Waals surface area contributed by atoms with Crippen molar-refractivity contribution >= 4 is 35.1 Å². The Hall–Kier alpha value is -4.41. The highest BCUT2D eigenvalue weighted by Gasteiger charge is 2.32. The third-order valence-electron chi connectivity index (χ3n) is 5.39. The summed E-state index contributed by atoms with van der Waals surface area (Å²) in [6, 6.07) is 8.27. The zero-order chi connectivity index (χ0) is 24.6. The normalized spacial score (nSPS) is 14.5. The molecule has 0 spiro atoms. The number of carbonyl (C=O) groups excluding carboxylic acids is 2. The summed E-state index contributed by atoms with van der Waals surface area (Å²) in [5.74, 6) is -0.418. The number of nitrogens with zero attached hydrogens (tertiary/aromatic N) is 3. The minimum absolute atomic E-state index is 0.0626. The summed E-state index contributed by atoms with van der Waals surface area (Å²) >= 11 is 0. The molecule has 182 valence electrons. The lowest BCUT2D eigenvalue weighted by Crippen LogP contribution is -2.44. The second kappa shape index (κ2) is 11.1. The molecule has 1 aliphatic heterocycles. The van der Waals surface area contributed by atoms with E-state index in [-0.39, 0.29) is 24.8 Å². The number of carboxylic acid groups (broad SMARTS) is 1. The van der Waals surface area contributed by atoms with Gasteiger partial charge in [0.1, 0.15) is 11.9 Å². The number of imidazole rings is 1. The Kier molecular flexibility index (Phi) is 7.56. The van der Waals surface area contributed by atoms with Crippen molar-refractivity contribution in [3.63, 3.8) is 0 Å². The number of benzene rings is 1. The number of pyridine rings is 1. The predicted molar refractivity (Wildman–Crippen MR) is 129 cm³/mol. The minimum atomic E-state index is -1.02. The summed E-state index contributed by atoms with van der Waals surface area (Å²) in [5, 5.41) is 15.2. The number of H-pyrrole nitrogens is 1. The van der Waals surface area contributed by atoms with Gasteiger partial charge in [0.25, 0.3) is 5.91 Å². The molecule has 1 aliphatic rings. The number of fused-ring (bicyclic) bond motifs is 1. The minimum Gasteiger partial charge on any atom is -0.486 e. The van der Waals surface area contributed by atoms with Crippen LogP contribution in [-0.2, 0) is 9.59 Å². The smallest absolute Gasteiger partial charge is 0.307 e. The average Bonchev–Trinajstić information content (AvgIpc) is 3.37. The first-order valence-corrected chi connectivity index (χ1v) is 11.3. The molecule has 4 rings (SSSR count). The van der Waals surface area contributed by atoms with Crippen LogP contribution in [0.4, 0.5) is 17.3 Å². The third kappa shape index (κ3) is 6.34. The molecule has 11 nitrogen and oxygen atoms in total. The van der Waals surface area contributed by atoms with E-state index in [1.165, 1.54) is 11.1 Å². The van der Waals surface area contributed by atoms with Crippen molar-refractivity contribution < 1.29 is 24.2 Å². The maximum Gasteiger partial charge on any atom is 0.307 e. The summed E-state index contributed by atoms with van der Waals surface area (Å²) in [6.45, 7) is 0.757. The molecule has 0 saturated heterocycles. The van der Waals surface area contributed by atoms with Crippen molar-refractivity contribution in [3.8, 4) is 5.75 Å². The molecule has 0 fully saturated rings. The van der Waals surface area contributed by atoms with E-state index >= 15 is 0 Å². The van der Waals surface area contributed by atoms with Gasteiger partial charge in [-0.1, -0.05) is 0 Å². The Bertz CT molecular complexity index is 1170. The quantitative estimate of drug-likeness (QED) is 0.325. The maximum atomic E-state index is 13.2. The summed E-state index contributed by atoms with van der Waals surface area (Å²) in [7, 11) is 0. The topological polar surface area (TPSA) is 150 Å². The lowest BCUT2D eigenvalue weighted by atomic mass is 10.1. The van der Waals surface area contributed by atoms with E-state index in [2.05, 4.69) is 25.6 Å². The van der Waals surface area contributed by atoms with Crippen LogP contribution < -0.4 is 20.3 Å². The van der Waals surface area contributed by atoms with Crippen molar-refractivity contribution in [1.29, 1.82) is 0 Å². The van der Waals surface area contributed by atoms with E-state index in [4.69, 9.17) is 4.74 Å². The molecule has 3 aromatic rings. The molecule has 0 saturated carbocycles. The van der Waals surface area contributed by atoms with Crippen LogP contribution >= 0.6 is 0 Å². The van der Waals surface area contributed by atoms with Crippen LogP contribution in [0.5, 0.6) is 5.75 Å². The lowest BCUT2D eigenvalue weighted by Gasteiger charge is -2.34. The highest BCUT2D eigenvalue weighted by Crippen LogP contribution is 2.37. The highest BCUT2D eigenvalue weighted by molar-refractivity contribution is 6.07. The summed E-state index contributed by atoms with van der Waals surface area (Å²) in [6.07, 6.45) is 7.30. The summed E-state index contributed by atoms with van der Waals surface area (Å²) in [4.78, 5) is 49.4. The average molecular weight is 479 g/mol. The number of aliphatic carboxylic acids is 1. The van der Waals surface area contributed by atoms with Gasteiger partial charge >= 0.3 is 5.97 Å². The van der Waals surface area contributed by atoms with Gasteiger partial charge in [0.15, 0.2) is 5.95 Å². The Labute approximate surface area is 201 Å². The van der Waals surface area contributed by atoms with E-state index in [1.54, 1.807) is 48.9 Å². The molecule has 0 aliphatic carbocycles. The molecule has 11 heteroatoms. The standard InChI is InChI=1S/C24H26N6O5/c31-21(5-1-2-9-26-24-27-10-11-28-24)29-17-6-7-20-19(12-17)30(15-18(35-20)13-22(32)33)23(34)16-4-3-8-25-14-16/h3-4,6-8,10-12,14,18H,1-2,5,9,13,15H2,(H,29,31)(H,32,33)(H2,26,27,28). The first-order valence-electron chi connectivity index (χ1n) is 11.3. The second-order valence-electron chi connectivity index (χ2n) is 8.05. The Morgan fingerprint density at radius 1 is 1.20 bits per heavy atom. The number of unbranched alkanes of at least 4 members (excludes halogenated alkanes) is 1. The summed E-state index contributed by atoms with van der Waals surface area (Å²) < 4.78 is 5.82. The zero-order valence-electron chi connectivity index (χ0n) is 18.9. The largest absolute Gasteiger partial charge is 0.486 e. The van der Waals surface area contributed by atoms with E-state index in [9.17, 15) is 19.5 Å². The number of aromatic nitrogens is 3. The molecule has 2 aromatic heterocycles. The van der Waals surface area contributed by atoms with Crippen LogP contribution in [0, 0.1) is 0 Å². The fraction of sp³-hybridized carbons (Fsp3) is 0.292. The molecular formula is C24H26N6O5. The lowest BCUT2D eigenvalue weighted by molar-refractivity contribution is -0.138. The van der Waals surface area contributed by atoms with Gasteiger partial charge in [0.2, 0.25) is 5.91 Å². The molecule has 2 amide bonds. The molecule has 35 heavy (non-hydrogen) atoms. The van der Waals surface area contributed by atoms with Crippen molar-refractivity contribution in [2.75, 3.05) is 28.6 Å². The first-order chi connectivity index (χ1) is 17.0. The molecule has 1 unspecified atom stereocenters. The van der Waals surface area contributed by atoms with E-state index in [1.807, 2.05) is 0 Å². The van der Waals surface area contributed by atoms with Crippen LogP contribution in [0.2, 0.25) is 0 Å².